The van der Waals surface area contributed by atoms with Crippen molar-refractivity contribution in [1.29, 1.82) is 0 Å². The number of ether oxygens (including phenoxy) is 1. The molecule has 0 aromatic heterocycles. The molecular formula is C15H23N3O4S. The van der Waals surface area contributed by atoms with E-state index in [1.165, 1.54) is 11.4 Å². The summed E-state index contributed by atoms with van der Waals surface area (Å²) >= 11 is 0. The van der Waals surface area contributed by atoms with Crippen molar-refractivity contribution >= 4 is 27.3 Å². The number of anilines is 2. The number of methoxy groups -OCH3 is 1. The molecule has 2 rings (SSSR count). The molecule has 8 heteroatoms. The second-order valence-corrected chi connectivity index (χ2v) is 7.62. The number of nitrogens with two attached hydrogens (primary N) is 1. The first kappa shape index (κ1) is 17.6. The van der Waals surface area contributed by atoms with Crippen molar-refractivity contribution in [3.63, 3.8) is 0 Å². The summed E-state index contributed by atoms with van der Waals surface area (Å²) in [5, 5.41) is 2.69. The zero-order chi connectivity index (χ0) is 16.9. The van der Waals surface area contributed by atoms with Crippen LogP contribution in [-0.2, 0) is 14.8 Å². The topological polar surface area (TPSA) is 102 Å². The second-order valence-electron chi connectivity index (χ2n) is 5.53. The van der Waals surface area contributed by atoms with Crippen molar-refractivity contribution in [3.05, 3.63) is 18.2 Å². The van der Waals surface area contributed by atoms with Crippen LogP contribution in [0.5, 0.6) is 5.75 Å². The van der Waals surface area contributed by atoms with Gasteiger partial charge in [0.25, 0.3) is 0 Å². The molecule has 1 aromatic carbocycles. The van der Waals surface area contributed by atoms with Gasteiger partial charge in [0, 0.05) is 25.6 Å². The number of rotatable bonds is 7. The molecule has 1 aliphatic heterocycles. The molecule has 1 aromatic rings. The Hall–Kier alpha value is -1.80. The van der Waals surface area contributed by atoms with Crippen molar-refractivity contribution < 1.29 is 17.9 Å². The summed E-state index contributed by atoms with van der Waals surface area (Å²) in [7, 11) is -1.71. The number of nitrogens with zero attached hydrogens (tertiary/aromatic N) is 1. The van der Waals surface area contributed by atoms with Gasteiger partial charge in [0.1, 0.15) is 5.75 Å². The molecule has 0 saturated carbocycles. The Kier molecular flexibility index (Phi) is 5.84. The lowest BCUT2D eigenvalue weighted by Gasteiger charge is -2.15. The van der Waals surface area contributed by atoms with Crippen LogP contribution in [-0.4, -0.2) is 44.6 Å². The van der Waals surface area contributed by atoms with Gasteiger partial charge in [-0.15, -0.1) is 0 Å². The van der Waals surface area contributed by atoms with E-state index in [1.54, 1.807) is 18.2 Å². The maximum absolute atomic E-state index is 12.1. The number of benzene rings is 1. The quantitative estimate of drug-likeness (QED) is 0.730. The lowest BCUT2D eigenvalue weighted by Crippen LogP contribution is -2.30. The monoisotopic (exact) mass is 341 g/mol. The van der Waals surface area contributed by atoms with Crippen LogP contribution in [0, 0.1) is 0 Å². The first-order valence-corrected chi connectivity index (χ1v) is 9.24. The minimum atomic E-state index is -3.24. The standard InChI is InChI=1S/C15H23N3O4S/c1-22-12-6-7-13(16)14(11-12)17-15(19)5-4-10-23(20,21)18-8-2-3-9-18/h6-7,11H,2-5,8-10,16H2,1H3,(H,17,19). The summed E-state index contributed by atoms with van der Waals surface area (Å²) in [5.74, 6) is 0.321. The second kappa shape index (κ2) is 7.65. The number of carbonyl (C=O) groups is 1. The van der Waals surface area contributed by atoms with E-state index in [1.807, 2.05) is 0 Å². The van der Waals surface area contributed by atoms with E-state index >= 15 is 0 Å². The van der Waals surface area contributed by atoms with Crippen molar-refractivity contribution in [2.45, 2.75) is 25.7 Å². The molecule has 0 atom stereocenters. The normalized spacial score (nSPS) is 15.5. The van der Waals surface area contributed by atoms with E-state index < -0.39 is 10.0 Å². The maximum atomic E-state index is 12.1. The highest BCUT2D eigenvalue weighted by Gasteiger charge is 2.24. The van der Waals surface area contributed by atoms with E-state index in [0.717, 1.165) is 12.8 Å². The first-order valence-electron chi connectivity index (χ1n) is 7.63. The fraction of sp³-hybridized carbons (Fsp3) is 0.533. The Morgan fingerprint density at radius 1 is 1.35 bits per heavy atom. The molecule has 1 heterocycles. The zero-order valence-corrected chi connectivity index (χ0v) is 14.1. The molecule has 7 nitrogen and oxygen atoms in total. The molecule has 0 bridgehead atoms. The fourth-order valence-electron chi connectivity index (χ4n) is 2.49. The maximum Gasteiger partial charge on any atom is 0.224 e. The van der Waals surface area contributed by atoms with Crippen LogP contribution in [0.3, 0.4) is 0 Å². The molecule has 0 unspecified atom stereocenters. The number of carbonyl (C=O) groups excluding carboxylic acids is 1. The lowest BCUT2D eigenvalue weighted by molar-refractivity contribution is -0.116. The van der Waals surface area contributed by atoms with Crippen LogP contribution in [0.4, 0.5) is 11.4 Å². The van der Waals surface area contributed by atoms with Gasteiger partial charge < -0.3 is 15.8 Å². The molecule has 0 aliphatic carbocycles. The predicted molar refractivity (Wildman–Crippen MR) is 89.9 cm³/mol. The van der Waals surface area contributed by atoms with Crippen LogP contribution >= 0.6 is 0 Å². The third-order valence-corrected chi connectivity index (χ3v) is 5.76. The van der Waals surface area contributed by atoms with Gasteiger partial charge in [-0.25, -0.2) is 12.7 Å². The SMILES string of the molecule is COc1ccc(N)c(NC(=O)CCCS(=O)(=O)N2CCCC2)c1. The smallest absolute Gasteiger partial charge is 0.224 e. The number of hydrogen-bond donors (Lipinski definition) is 2. The third-order valence-electron chi connectivity index (χ3n) is 3.80. The number of amides is 1. The molecule has 23 heavy (non-hydrogen) atoms. The largest absolute Gasteiger partial charge is 0.497 e. The van der Waals surface area contributed by atoms with E-state index in [0.29, 0.717) is 30.2 Å². The Labute approximate surface area is 136 Å². The Bertz CT molecular complexity index is 655. The first-order chi connectivity index (χ1) is 10.9. The number of hydrogen-bond acceptors (Lipinski definition) is 5. The Morgan fingerprint density at radius 2 is 2.04 bits per heavy atom. The number of nitrogens with one attached hydrogen (secondary N) is 1. The third kappa shape index (κ3) is 4.84. The van der Waals surface area contributed by atoms with Gasteiger partial charge in [0.05, 0.1) is 24.2 Å². The average Bonchev–Trinajstić information content (AvgIpc) is 3.04. The number of nitrogen functional groups attached to an aromatic ring is 1. The summed E-state index contributed by atoms with van der Waals surface area (Å²) in [4.78, 5) is 12.0. The highest BCUT2D eigenvalue weighted by molar-refractivity contribution is 7.89. The summed E-state index contributed by atoms with van der Waals surface area (Å²) < 4.78 is 30.7. The molecule has 0 radical (unpaired) electrons. The predicted octanol–water partition coefficient (Wildman–Crippen LogP) is 1.42. The van der Waals surface area contributed by atoms with Crippen LogP contribution in [0.1, 0.15) is 25.7 Å². The molecule has 128 valence electrons. The van der Waals surface area contributed by atoms with E-state index in [4.69, 9.17) is 10.5 Å². The molecule has 1 amide bonds. The Balaban J connectivity index is 1.83. The van der Waals surface area contributed by atoms with Gasteiger partial charge in [0.15, 0.2) is 0 Å². The van der Waals surface area contributed by atoms with E-state index in [9.17, 15) is 13.2 Å². The van der Waals surface area contributed by atoms with Crippen LogP contribution in [0.2, 0.25) is 0 Å². The van der Waals surface area contributed by atoms with Gasteiger partial charge in [-0.3, -0.25) is 4.79 Å². The van der Waals surface area contributed by atoms with Crippen molar-refractivity contribution in [1.82, 2.24) is 4.31 Å². The van der Waals surface area contributed by atoms with Gasteiger partial charge in [-0.05, 0) is 31.4 Å². The van der Waals surface area contributed by atoms with Crippen molar-refractivity contribution in [2.75, 3.05) is 37.0 Å². The molecule has 3 N–H and O–H groups in total. The Morgan fingerprint density at radius 3 is 2.70 bits per heavy atom. The molecular weight excluding hydrogens is 318 g/mol. The average molecular weight is 341 g/mol. The van der Waals surface area contributed by atoms with Gasteiger partial charge in [-0.2, -0.15) is 0 Å². The van der Waals surface area contributed by atoms with E-state index in [2.05, 4.69) is 5.32 Å². The number of sulfonamides is 1. The summed E-state index contributed by atoms with van der Waals surface area (Å²) in [6.45, 7) is 1.18. The van der Waals surface area contributed by atoms with E-state index in [-0.39, 0.29) is 24.5 Å². The lowest BCUT2D eigenvalue weighted by atomic mass is 10.2. The van der Waals surface area contributed by atoms with Gasteiger partial charge in [0.2, 0.25) is 15.9 Å². The van der Waals surface area contributed by atoms with Gasteiger partial charge >= 0.3 is 0 Å². The minimum absolute atomic E-state index is 0.00594. The van der Waals surface area contributed by atoms with Crippen LogP contribution < -0.4 is 15.8 Å². The van der Waals surface area contributed by atoms with Gasteiger partial charge in [-0.1, -0.05) is 0 Å². The molecule has 1 saturated heterocycles. The molecule has 0 spiro atoms. The summed E-state index contributed by atoms with van der Waals surface area (Å²) in [6, 6.07) is 4.98. The molecule has 1 fully saturated rings. The fourth-order valence-corrected chi connectivity index (χ4v) is 4.08. The van der Waals surface area contributed by atoms with Crippen molar-refractivity contribution in [3.8, 4) is 5.75 Å². The van der Waals surface area contributed by atoms with Crippen LogP contribution in [0.25, 0.3) is 0 Å². The zero-order valence-electron chi connectivity index (χ0n) is 13.2. The summed E-state index contributed by atoms with van der Waals surface area (Å²) in [5.41, 5.74) is 6.70. The van der Waals surface area contributed by atoms with Crippen LogP contribution in [0.15, 0.2) is 18.2 Å². The minimum Gasteiger partial charge on any atom is -0.497 e. The van der Waals surface area contributed by atoms with Crippen molar-refractivity contribution in [2.24, 2.45) is 0 Å². The molecule has 1 aliphatic rings. The summed E-state index contributed by atoms with van der Waals surface area (Å²) in [6.07, 6.45) is 2.24. The highest BCUT2D eigenvalue weighted by atomic mass is 32.2. The highest BCUT2D eigenvalue weighted by Crippen LogP contribution is 2.24.